The van der Waals surface area contributed by atoms with Crippen molar-refractivity contribution in [2.45, 2.75) is 414 Å². The molecule has 0 saturated heterocycles. The predicted octanol–water partition coefficient (Wildman–Crippen LogP) is 22.6. The van der Waals surface area contributed by atoms with Crippen molar-refractivity contribution < 1.29 is 80.2 Å². The number of unbranched alkanes of at least 4 members (excludes halogenated alkanes) is 41. The Kier molecular flexibility index (Phi) is 66.2. The molecule has 0 aromatic carbocycles. The van der Waals surface area contributed by atoms with Crippen molar-refractivity contribution in [3.05, 3.63) is 0 Å². The largest absolute Gasteiger partial charge is 0.472 e. The maximum Gasteiger partial charge on any atom is 0.472 e. The fourth-order valence-electron chi connectivity index (χ4n) is 11.7. The first-order valence-corrected chi connectivity index (χ1v) is 42.9. The van der Waals surface area contributed by atoms with Crippen LogP contribution in [-0.4, -0.2) is 96.7 Å². The Balaban J connectivity index is 5.27. The van der Waals surface area contributed by atoms with Gasteiger partial charge in [0.25, 0.3) is 0 Å². The number of phosphoric acid groups is 2. The van der Waals surface area contributed by atoms with Crippen LogP contribution in [0.4, 0.5) is 0 Å². The van der Waals surface area contributed by atoms with Gasteiger partial charge in [0.2, 0.25) is 0 Å². The maximum absolute atomic E-state index is 13.1. The molecule has 19 heteroatoms. The van der Waals surface area contributed by atoms with Crippen LogP contribution < -0.4 is 0 Å². The topological polar surface area (TPSA) is 237 Å². The van der Waals surface area contributed by atoms with Crippen LogP contribution in [0.25, 0.3) is 0 Å². The number of aliphatic hydroxyl groups is 1. The van der Waals surface area contributed by atoms with Gasteiger partial charge in [-0.3, -0.25) is 37.3 Å². The predicted molar refractivity (Wildman–Crippen MR) is 391 cm³/mol. The van der Waals surface area contributed by atoms with E-state index in [2.05, 4.69) is 48.5 Å². The minimum Gasteiger partial charge on any atom is -0.462 e. The Morgan fingerprint density at radius 3 is 0.792 bits per heavy atom. The van der Waals surface area contributed by atoms with Crippen molar-refractivity contribution >= 4 is 39.5 Å². The molecule has 0 radical (unpaired) electrons. The van der Waals surface area contributed by atoms with Crippen LogP contribution in [0, 0.1) is 17.8 Å². The van der Waals surface area contributed by atoms with Gasteiger partial charge in [0, 0.05) is 25.7 Å². The van der Waals surface area contributed by atoms with Crippen LogP contribution in [0.1, 0.15) is 395 Å². The molecule has 0 bridgehead atoms. The molecule has 0 amide bonds. The Morgan fingerprint density at radius 1 is 0.302 bits per heavy atom. The SMILES string of the molecule is CCCCCCCCCCCCCCCCCCC(=O)OC[C@H](COP(=O)(O)OC[C@@H](O)COP(=O)(O)OC[C@@H](COC(=O)CCCCCCCCCCC(C)CC)OC(=O)CCCCCCCCCCC(C)CC)OC(=O)CCCCCCCCCCCCCCCC(C)C. The molecular weight excluding hydrogens is 1260 g/mol. The molecule has 3 N–H and O–H groups in total. The molecule has 7 atom stereocenters. The zero-order valence-electron chi connectivity index (χ0n) is 62.8. The van der Waals surface area contributed by atoms with Crippen LogP contribution in [0.2, 0.25) is 0 Å². The van der Waals surface area contributed by atoms with E-state index in [1.165, 1.54) is 205 Å². The van der Waals surface area contributed by atoms with Gasteiger partial charge in [-0.2, -0.15) is 0 Å². The average Bonchev–Trinajstić information content (AvgIpc) is 1.98. The van der Waals surface area contributed by atoms with Crippen molar-refractivity contribution in [2.75, 3.05) is 39.6 Å². The molecule has 0 aliphatic rings. The molecule has 0 fully saturated rings. The summed E-state index contributed by atoms with van der Waals surface area (Å²) < 4.78 is 68.6. The third-order valence-corrected chi connectivity index (χ3v) is 20.5. The zero-order valence-corrected chi connectivity index (χ0v) is 64.6. The van der Waals surface area contributed by atoms with Gasteiger partial charge >= 0.3 is 39.5 Å². The van der Waals surface area contributed by atoms with Gasteiger partial charge in [0.15, 0.2) is 12.2 Å². The summed E-state index contributed by atoms with van der Waals surface area (Å²) in [5, 5.41) is 10.6. The molecule has 0 heterocycles. The van der Waals surface area contributed by atoms with E-state index in [1.54, 1.807) is 0 Å². The molecule has 0 aromatic rings. The van der Waals surface area contributed by atoms with Crippen LogP contribution in [0.15, 0.2) is 0 Å². The van der Waals surface area contributed by atoms with Gasteiger partial charge in [-0.05, 0) is 43.4 Å². The van der Waals surface area contributed by atoms with E-state index >= 15 is 0 Å². The number of carbonyl (C=O) groups excluding carboxylic acids is 4. The van der Waals surface area contributed by atoms with Crippen molar-refractivity contribution in [1.29, 1.82) is 0 Å². The molecule has 0 rings (SSSR count). The first kappa shape index (κ1) is 94.1. The lowest BCUT2D eigenvalue weighted by Gasteiger charge is -2.21. The van der Waals surface area contributed by atoms with Crippen molar-refractivity contribution in [1.82, 2.24) is 0 Å². The summed E-state index contributed by atoms with van der Waals surface area (Å²) in [6, 6.07) is 0. The number of rotatable bonds is 75. The van der Waals surface area contributed by atoms with Crippen LogP contribution in [-0.2, 0) is 65.4 Å². The van der Waals surface area contributed by atoms with Crippen molar-refractivity contribution in [3.63, 3.8) is 0 Å². The third kappa shape index (κ3) is 67.9. The lowest BCUT2D eigenvalue weighted by molar-refractivity contribution is -0.161. The minimum atomic E-state index is -4.96. The quantitative estimate of drug-likeness (QED) is 0.0222. The number of ether oxygens (including phenoxy) is 4. The fraction of sp³-hybridized carbons (Fsp3) is 0.948. The molecular formula is C77H150O17P2. The second-order valence-corrected chi connectivity index (χ2v) is 31.6. The Morgan fingerprint density at radius 2 is 0.531 bits per heavy atom. The molecule has 570 valence electrons. The summed E-state index contributed by atoms with van der Waals surface area (Å²) in [4.78, 5) is 72.9. The summed E-state index contributed by atoms with van der Waals surface area (Å²) in [7, 11) is -9.92. The van der Waals surface area contributed by atoms with Crippen LogP contribution in [0.3, 0.4) is 0 Å². The van der Waals surface area contributed by atoms with Crippen LogP contribution in [0.5, 0.6) is 0 Å². The molecule has 0 aliphatic carbocycles. The van der Waals surface area contributed by atoms with Crippen LogP contribution >= 0.6 is 15.6 Å². The number of hydrogen-bond acceptors (Lipinski definition) is 15. The fourth-order valence-corrected chi connectivity index (χ4v) is 13.3. The lowest BCUT2D eigenvalue weighted by Crippen LogP contribution is -2.30. The number of phosphoric ester groups is 2. The van der Waals surface area contributed by atoms with Gasteiger partial charge in [-0.25, -0.2) is 9.13 Å². The second kappa shape index (κ2) is 67.5. The highest BCUT2D eigenvalue weighted by Gasteiger charge is 2.30. The molecule has 0 spiro atoms. The van der Waals surface area contributed by atoms with E-state index in [4.69, 9.17) is 37.0 Å². The van der Waals surface area contributed by atoms with E-state index in [0.717, 1.165) is 108 Å². The summed E-state index contributed by atoms with van der Waals surface area (Å²) >= 11 is 0. The number of esters is 4. The summed E-state index contributed by atoms with van der Waals surface area (Å²) in [6.45, 7) is 11.9. The summed E-state index contributed by atoms with van der Waals surface area (Å²) in [5.74, 6) is 0.217. The Bertz CT molecular complexity index is 1870. The second-order valence-electron chi connectivity index (χ2n) is 28.7. The first-order chi connectivity index (χ1) is 46.3. The molecule has 4 unspecified atom stereocenters. The lowest BCUT2D eigenvalue weighted by atomic mass is 9.99. The number of hydrogen-bond donors (Lipinski definition) is 3. The summed E-state index contributed by atoms with van der Waals surface area (Å²) in [5.41, 5.74) is 0. The monoisotopic (exact) mass is 1410 g/mol. The van der Waals surface area contributed by atoms with Crippen molar-refractivity contribution in [3.8, 4) is 0 Å². The van der Waals surface area contributed by atoms with E-state index in [-0.39, 0.29) is 25.7 Å². The van der Waals surface area contributed by atoms with E-state index < -0.39 is 97.5 Å². The number of carbonyl (C=O) groups is 4. The maximum atomic E-state index is 13.1. The normalized spacial score (nSPS) is 14.6. The molecule has 0 aromatic heterocycles. The van der Waals surface area contributed by atoms with Gasteiger partial charge in [0.05, 0.1) is 26.4 Å². The molecule has 96 heavy (non-hydrogen) atoms. The molecule has 17 nitrogen and oxygen atoms in total. The van der Waals surface area contributed by atoms with Gasteiger partial charge < -0.3 is 33.8 Å². The average molecular weight is 1410 g/mol. The first-order valence-electron chi connectivity index (χ1n) is 39.9. The standard InChI is InChI=1S/C77H150O17P2/c1-8-11-12-13-14-15-16-17-18-19-22-25-28-37-44-51-58-74(79)87-64-72(93-76(81)60-53-46-39-29-26-23-20-21-24-27-34-41-48-55-68(4)5)66-91-95(83,84)89-62-71(78)63-90-96(85,86)92-67-73(94-77(82)61-54-47-40-33-31-36-43-50-57-70(7)10-3)65-88-75(80)59-52-45-38-32-30-35-42-49-56-69(6)9-2/h68-73,78H,8-67H2,1-7H3,(H,83,84)(H,85,86)/t69?,70?,71-,72-,73-/m1/s1. The summed E-state index contributed by atoms with van der Waals surface area (Å²) in [6.07, 6.45) is 53.9. The van der Waals surface area contributed by atoms with E-state index in [1.807, 2.05) is 0 Å². The van der Waals surface area contributed by atoms with Gasteiger partial charge in [0.1, 0.15) is 19.3 Å². The minimum absolute atomic E-state index is 0.104. The highest BCUT2D eigenvalue weighted by Crippen LogP contribution is 2.45. The highest BCUT2D eigenvalue weighted by atomic mass is 31.2. The Hall–Kier alpha value is -1.94. The van der Waals surface area contributed by atoms with Crippen molar-refractivity contribution in [2.24, 2.45) is 17.8 Å². The Labute approximate surface area is 588 Å². The van der Waals surface area contributed by atoms with Gasteiger partial charge in [-0.15, -0.1) is 0 Å². The van der Waals surface area contributed by atoms with E-state index in [9.17, 15) is 43.2 Å². The number of aliphatic hydroxyl groups excluding tert-OH is 1. The zero-order chi connectivity index (χ0) is 70.9. The van der Waals surface area contributed by atoms with E-state index in [0.29, 0.717) is 25.7 Å². The molecule has 0 saturated carbocycles. The third-order valence-electron chi connectivity index (χ3n) is 18.6. The van der Waals surface area contributed by atoms with Gasteiger partial charge in [-0.1, -0.05) is 344 Å². The highest BCUT2D eigenvalue weighted by molar-refractivity contribution is 7.47. The smallest absolute Gasteiger partial charge is 0.462 e. The molecule has 0 aliphatic heterocycles.